The first-order valence-electron chi connectivity index (χ1n) is 4.50. The highest BCUT2D eigenvalue weighted by Crippen LogP contribution is 2.16. The maximum Gasteiger partial charge on any atom is 0.208 e. The van der Waals surface area contributed by atoms with Crippen molar-refractivity contribution in [2.75, 3.05) is 37.6 Å². The molecule has 0 radical (unpaired) electrons. The third kappa shape index (κ3) is 2.00. The lowest BCUT2D eigenvalue weighted by Crippen LogP contribution is -2.46. The van der Waals surface area contributed by atoms with E-state index in [-0.39, 0.29) is 0 Å². The Labute approximate surface area is 86.6 Å². The fourth-order valence-electron chi connectivity index (χ4n) is 1.50. The number of rotatable bonds is 2. The summed E-state index contributed by atoms with van der Waals surface area (Å²) in [6.07, 6.45) is 0. The number of piperazine rings is 1. The first kappa shape index (κ1) is 9.37. The molecule has 2 rings (SSSR count). The standard InChI is InChI=1S/C8H11N5S/c9-1-2-12-3-5-13(6-4-12)8-11-10-7-14-8/h7H,2-6H2. The van der Waals surface area contributed by atoms with E-state index >= 15 is 0 Å². The zero-order valence-corrected chi connectivity index (χ0v) is 8.57. The molecule has 0 saturated carbocycles. The van der Waals surface area contributed by atoms with Gasteiger partial charge >= 0.3 is 0 Å². The van der Waals surface area contributed by atoms with E-state index in [0.29, 0.717) is 6.54 Å². The van der Waals surface area contributed by atoms with Crippen molar-refractivity contribution in [3.8, 4) is 6.07 Å². The predicted molar refractivity (Wildman–Crippen MR) is 54.2 cm³/mol. The van der Waals surface area contributed by atoms with E-state index in [1.807, 2.05) is 0 Å². The van der Waals surface area contributed by atoms with E-state index in [4.69, 9.17) is 5.26 Å². The second-order valence-corrected chi connectivity index (χ2v) is 3.95. The molecule has 2 heterocycles. The zero-order valence-electron chi connectivity index (χ0n) is 7.76. The molecule has 1 aliphatic heterocycles. The van der Waals surface area contributed by atoms with Crippen molar-refractivity contribution in [2.45, 2.75) is 0 Å². The molecule has 0 N–H and O–H groups in total. The fourth-order valence-corrected chi connectivity index (χ4v) is 2.12. The summed E-state index contributed by atoms with van der Waals surface area (Å²) in [5, 5.41) is 17.4. The monoisotopic (exact) mass is 209 g/mol. The molecule has 1 saturated heterocycles. The Hall–Kier alpha value is -1.19. The SMILES string of the molecule is N#CCN1CCN(c2nncs2)CC1. The molecule has 1 aromatic heterocycles. The fraction of sp³-hybridized carbons (Fsp3) is 0.625. The highest BCUT2D eigenvalue weighted by atomic mass is 32.1. The van der Waals surface area contributed by atoms with E-state index in [2.05, 4.69) is 26.1 Å². The van der Waals surface area contributed by atoms with E-state index in [1.54, 1.807) is 16.8 Å². The van der Waals surface area contributed by atoms with Crippen LogP contribution in [0, 0.1) is 11.3 Å². The summed E-state index contributed by atoms with van der Waals surface area (Å²) in [6, 6.07) is 2.17. The van der Waals surface area contributed by atoms with Crippen LogP contribution in [0.15, 0.2) is 5.51 Å². The van der Waals surface area contributed by atoms with Gasteiger partial charge in [0, 0.05) is 26.2 Å². The van der Waals surface area contributed by atoms with Crippen molar-refractivity contribution in [3.05, 3.63) is 5.51 Å². The smallest absolute Gasteiger partial charge is 0.208 e. The van der Waals surface area contributed by atoms with Crippen LogP contribution in [0.2, 0.25) is 0 Å². The lowest BCUT2D eigenvalue weighted by molar-refractivity contribution is 0.287. The number of hydrogen-bond acceptors (Lipinski definition) is 6. The van der Waals surface area contributed by atoms with Crippen LogP contribution in [0.1, 0.15) is 0 Å². The Morgan fingerprint density at radius 2 is 2.21 bits per heavy atom. The molecule has 0 atom stereocenters. The van der Waals surface area contributed by atoms with E-state index in [0.717, 1.165) is 31.3 Å². The maximum absolute atomic E-state index is 8.54. The van der Waals surface area contributed by atoms with Gasteiger partial charge in [0.25, 0.3) is 0 Å². The topological polar surface area (TPSA) is 56.1 Å². The molecule has 0 amide bonds. The van der Waals surface area contributed by atoms with E-state index < -0.39 is 0 Å². The van der Waals surface area contributed by atoms with Gasteiger partial charge in [-0.2, -0.15) is 5.26 Å². The van der Waals surface area contributed by atoms with Gasteiger partial charge in [-0.3, -0.25) is 4.90 Å². The van der Waals surface area contributed by atoms with Gasteiger partial charge in [-0.1, -0.05) is 11.3 Å². The summed E-state index contributed by atoms with van der Waals surface area (Å²) < 4.78 is 0. The third-order valence-corrected chi connectivity index (χ3v) is 3.04. The van der Waals surface area contributed by atoms with Crippen LogP contribution >= 0.6 is 11.3 Å². The van der Waals surface area contributed by atoms with Crippen LogP contribution < -0.4 is 4.90 Å². The minimum atomic E-state index is 0.532. The quantitative estimate of drug-likeness (QED) is 0.650. The van der Waals surface area contributed by atoms with Crippen LogP contribution in [0.3, 0.4) is 0 Å². The van der Waals surface area contributed by atoms with Crippen molar-refractivity contribution >= 4 is 16.5 Å². The normalized spacial score (nSPS) is 18.1. The molecule has 1 aromatic rings. The number of aromatic nitrogens is 2. The van der Waals surface area contributed by atoms with Crippen LogP contribution in [0.5, 0.6) is 0 Å². The van der Waals surface area contributed by atoms with Crippen molar-refractivity contribution in [2.24, 2.45) is 0 Å². The summed E-state index contributed by atoms with van der Waals surface area (Å²) in [5.74, 6) is 0. The third-order valence-electron chi connectivity index (χ3n) is 2.29. The lowest BCUT2D eigenvalue weighted by atomic mass is 10.3. The molecule has 14 heavy (non-hydrogen) atoms. The molecule has 0 unspecified atom stereocenters. The average Bonchev–Trinajstić information content (AvgIpc) is 2.72. The van der Waals surface area contributed by atoms with Gasteiger partial charge in [-0.05, 0) is 0 Å². The molecule has 0 aliphatic carbocycles. The van der Waals surface area contributed by atoms with Crippen molar-refractivity contribution < 1.29 is 0 Å². The van der Waals surface area contributed by atoms with Crippen LogP contribution in [-0.2, 0) is 0 Å². The van der Waals surface area contributed by atoms with Gasteiger partial charge in [0.2, 0.25) is 5.13 Å². The Balaban J connectivity index is 1.88. The minimum absolute atomic E-state index is 0.532. The molecular formula is C8H11N5S. The molecule has 1 aliphatic rings. The largest absolute Gasteiger partial charge is 0.344 e. The van der Waals surface area contributed by atoms with Gasteiger partial charge in [0.15, 0.2) is 0 Å². The summed E-state index contributed by atoms with van der Waals surface area (Å²) in [6.45, 7) is 4.29. The Bertz CT molecular complexity index is 309. The number of nitrogens with zero attached hydrogens (tertiary/aromatic N) is 5. The minimum Gasteiger partial charge on any atom is -0.344 e. The second kappa shape index (κ2) is 4.35. The van der Waals surface area contributed by atoms with Crippen LogP contribution in [0.4, 0.5) is 5.13 Å². The van der Waals surface area contributed by atoms with Gasteiger partial charge in [0.05, 0.1) is 12.6 Å². The second-order valence-electron chi connectivity index (χ2n) is 3.14. The summed E-state index contributed by atoms with van der Waals surface area (Å²) in [7, 11) is 0. The van der Waals surface area contributed by atoms with Gasteiger partial charge in [-0.25, -0.2) is 0 Å². The molecule has 5 nitrogen and oxygen atoms in total. The molecular weight excluding hydrogens is 198 g/mol. The molecule has 0 bridgehead atoms. The summed E-state index contributed by atoms with van der Waals surface area (Å²) in [4.78, 5) is 4.36. The Morgan fingerprint density at radius 3 is 2.79 bits per heavy atom. The highest BCUT2D eigenvalue weighted by molar-refractivity contribution is 7.13. The van der Waals surface area contributed by atoms with Crippen molar-refractivity contribution in [1.82, 2.24) is 15.1 Å². The number of hydrogen-bond donors (Lipinski definition) is 0. The van der Waals surface area contributed by atoms with Crippen molar-refractivity contribution in [1.29, 1.82) is 5.26 Å². The first-order valence-corrected chi connectivity index (χ1v) is 5.38. The zero-order chi connectivity index (χ0) is 9.80. The molecule has 0 aromatic carbocycles. The van der Waals surface area contributed by atoms with Crippen LogP contribution in [0.25, 0.3) is 0 Å². The maximum atomic E-state index is 8.54. The summed E-state index contributed by atoms with van der Waals surface area (Å²) in [5.41, 5.74) is 1.75. The van der Waals surface area contributed by atoms with Crippen molar-refractivity contribution in [3.63, 3.8) is 0 Å². The average molecular weight is 209 g/mol. The lowest BCUT2D eigenvalue weighted by Gasteiger charge is -2.32. The number of nitriles is 1. The Kier molecular flexibility index (Phi) is 2.91. The van der Waals surface area contributed by atoms with Crippen LogP contribution in [-0.4, -0.2) is 47.8 Å². The first-order chi connectivity index (χ1) is 6.90. The Morgan fingerprint density at radius 1 is 1.43 bits per heavy atom. The highest BCUT2D eigenvalue weighted by Gasteiger charge is 2.18. The van der Waals surface area contributed by atoms with Gasteiger partial charge < -0.3 is 4.90 Å². The number of anilines is 1. The van der Waals surface area contributed by atoms with Gasteiger partial charge in [0.1, 0.15) is 5.51 Å². The van der Waals surface area contributed by atoms with Gasteiger partial charge in [-0.15, -0.1) is 10.2 Å². The summed E-state index contributed by atoms with van der Waals surface area (Å²) >= 11 is 1.56. The molecule has 6 heteroatoms. The van der Waals surface area contributed by atoms with E-state index in [9.17, 15) is 0 Å². The van der Waals surface area contributed by atoms with E-state index in [1.165, 1.54) is 0 Å². The molecule has 74 valence electrons. The molecule has 0 spiro atoms. The predicted octanol–water partition coefficient (Wildman–Crippen LogP) is 0.184. The molecule has 1 fully saturated rings.